The summed E-state index contributed by atoms with van der Waals surface area (Å²) >= 11 is 0. The van der Waals surface area contributed by atoms with Crippen LogP contribution in [0.4, 0.5) is 5.95 Å². The number of anilines is 1. The molecule has 1 aromatic heterocycles. The molecular weight excluding hydrogens is 258 g/mol. The summed E-state index contributed by atoms with van der Waals surface area (Å²) in [6, 6.07) is 10.8. The molecule has 2 rings (SSSR count). The number of hydrogen-bond acceptors (Lipinski definition) is 2. The minimum Gasteiger partial charge on any atom is -0.353 e. The third kappa shape index (κ3) is 4.62. The normalized spacial score (nSPS) is 12.3. The van der Waals surface area contributed by atoms with E-state index in [1.807, 2.05) is 13.0 Å². The first kappa shape index (κ1) is 15.6. The van der Waals surface area contributed by atoms with Gasteiger partial charge >= 0.3 is 0 Å². The van der Waals surface area contributed by atoms with E-state index in [1.165, 1.54) is 32.1 Å². The molecule has 0 amide bonds. The number of aromatic nitrogens is 2. The van der Waals surface area contributed by atoms with Gasteiger partial charge < -0.3 is 5.32 Å². The molecule has 1 aromatic carbocycles. The Morgan fingerprint density at radius 3 is 2.62 bits per heavy atom. The molecule has 114 valence electrons. The Kier molecular flexibility index (Phi) is 5.85. The van der Waals surface area contributed by atoms with E-state index in [9.17, 15) is 0 Å². The molecule has 0 aliphatic heterocycles. The van der Waals surface area contributed by atoms with Gasteiger partial charge in [-0.05, 0) is 32.4 Å². The van der Waals surface area contributed by atoms with Crippen LogP contribution in [0.25, 0.3) is 5.69 Å². The minimum atomic E-state index is 0.450. The number of nitrogens with one attached hydrogen (secondary N) is 1. The van der Waals surface area contributed by atoms with E-state index in [0.717, 1.165) is 17.3 Å². The van der Waals surface area contributed by atoms with Crippen LogP contribution in [-0.4, -0.2) is 15.6 Å². The highest BCUT2D eigenvalue weighted by Crippen LogP contribution is 2.18. The lowest BCUT2D eigenvalue weighted by Gasteiger charge is -2.16. The predicted octanol–water partition coefficient (Wildman–Crippen LogP) is 4.95. The first-order chi connectivity index (χ1) is 10.2. The largest absolute Gasteiger partial charge is 0.353 e. The second kappa shape index (κ2) is 7.87. The molecule has 21 heavy (non-hydrogen) atoms. The van der Waals surface area contributed by atoms with Gasteiger partial charge in [-0.25, -0.2) is 4.98 Å². The summed E-state index contributed by atoms with van der Waals surface area (Å²) in [5, 5.41) is 3.56. The Morgan fingerprint density at radius 1 is 1.14 bits per heavy atom. The summed E-state index contributed by atoms with van der Waals surface area (Å²) in [5.74, 6) is 0.946. The van der Waals surface area contributed by atoms with Gasteiger partial charge in [0.2, 0.25) is 5.95 Å². The lowest BCUT2D eigenvalue weighted by Crippen LogP contribution is -2.18. The van der Waals surface area contributed by atoms with Crippen LogP contribution in [0.1, 0.15) is 51.6 Å². The van der Waals surface area contributed by atoms with Gasteiger partial charge in [0.05, 0.1) is 5.69 Å². The number of para-hydroxylation sites is 1. The van der Waals surface area contributed by atoms with E-state index in [0.29, 0.717) is 6.04 Å². The van der Waals surface area contributed by atoms with Gasteiger partial charge in [-0.2, -0.15) is 0 Å². The number of imidazole rings is 1. The summed E-state index contributed by atoms with van der Waals surface area (Å²) in [6.45, 7) is 6.53. The van der Waals surface area contributed by atoms with Crippen LogP contribution in [0, 0.1) is 6.92 Å². The zero-order chi connectivity index (χ0) is 15.1. The fourth-order valence-corrected chi connectivity index (χ4v) is 2.55. The predicted molar refractivity (Wildman–Crippen MR) is 90.1 cm³/mol. The lowest BCUT2D eigenvalue weighted by molar-refractivity contribution is 0.591. The topological polar surface area (TPSA) is 29.9 Å². The van der Waals surface area contributed by atoms with Gasteiger partial charge in [0.15, 0.2) is 0 Å². The van der Waals surface area contributed by atoms with Crippen molar-refractivity contribution in [1.82, 2.24) is 9.55 Å². The molecule has 1 unspecified atom stereocenters. The summed E-state index contributed by atoms with van der Waals surface area (Å²) in [5.41, 5.74) is 2.19. The maximum Gasteiger partial charge on any atom is 0.207 e. The summed E-state index contributed by atoms with van der Waals surface area (Å²) in [6.07, 6.45) is 8.52. The maximum absolute atomic E-state index is 4.62. The average Bonchev–Trinajstić information content (AvgIpc) is 2.85. The third-order valence-electron chi connectivity index (χ3n) is 3.73. The second-order valence-electron chi connectivity index (χ2n) is 5.81. The third-order valence-corrected chi connectivity index (χ3v) is 3.73. The molecule has 0 aliphatic carbocycles. The smallest absolute Gasteiger partial charge is 0.207 e. The van der Waals surface area contributed by atoms with Crippen molar-refractivity contribution in [1.29, 1.82) is 0 Å². The average molecular weight is 285 g/mol. The number of hydrogen-bond donors (Lipinski definition) is 1. The Hall–Kier alpha value is -1.77. The molecule has 0 radical (unpaired) electrons. The Labute approximate surface area is 128 Å². The van der Waals surface area contributed by atoms with E-state index in [4.69, 9.17) is 0 Å². The van der Waals surface area contributed by atoms with E-state index < -0.39 is 0 Å². The number of nitrogens with zero attached hydrogens (tertiary/aromatic N) is 2. The maximum atomic E-state index is 4.62. The zero-order valence-corrected chi connectivity index (χ0v) is 13.5. The summed E-state index contributed by atoms with van der Waals surface area (Å²) in [4.78, 5) is 4.62. The van der Waals surface area contributed by atoms with Crippen LogP contribution in [-0.2, 0) is 0 Å². The first-order valence-corrected chi connectivity index (χ1v) is 8.08. The van der Waals surface area contributed by atoms with Crippen LogP contribution >= 0.6 is 0 Å². The van der Waals surface area contributed by atoms with Crippen molar-refractivity contribution >= 4 is 5.95 Å². The van der Waals surface area contributed by atoms with E-state index >= 15 is 0 Å². The van der Waals surface area contributed by atoms with Crippen molar-refractivity contribution in [2.75, 3.05) is 5.32 Å². The van der Waals surface area contributed by atoms with Crippen molar-refractivity contribution in [3.8, 4) is 5.69 Å². The molecule has 3 heteroatoms. The molecule has 0 fully saturated rings. The van der Waals surface area contributed by atoms with E-state index in [2.05, 4.69) is 59.2 Å². The fourth-order valence-electron chi connectivity index (χ4n) is 2.55. The number of benzene rings is 1. The zero-order valence-electron chi connectivity index (χ0n) is 13.5. The van der Waals surface area contributed by atoms with Crippen LogP contribution < -0.4 is 5.32 Å². The molecular formula is C18H27N3. The Balaban J connectivity index is 2.00. The highest BCUT2D eigenvalue weighted by atomic mass is 15.2. The second-order valence-corrected chi connectivity index (χ2v) is 5.81. The highest BCUT2D eigenvalue weighted by molar-refractivity contribution is 5.43. The van der Waals surface area contributed by atoms with Gasteiger partial charge in [-0.15, -0.1) is 0 Å². The Morgan fingerprint density at radius 2 is 1.90 bits per heavy atom. The number of unbranched alkanes of at least 4 members (excludes halogenated alkanes) is 3. The molecule has 0 spiro atoms. The molecule has 0 bridgehead atoms. The van der Waals surface area contributed by atoms with Crippen LogP contribution in [0.3, 0.4) is 0 Å². The van der Waals surface area contributed by atoms with Crippen LogP contribution in [0.15, 0.2) is 36.5 Å². The van der Waals surface area contributed by atoms with Gasteiger partial charge in [0.1, 0.15) is 0 Å². The monoisotopic (exact) mass is 285 g/mol. The van der Waals surface area contributed by atoms with Crippen LogP contribution in [0.5, 0.6) is 0 Å². The molecule has 3 nitrogen and oxygen atoms in total. The molecule has 2 aromatic rings. The van der Waals surface area contributed by atoms with E-state index in [1.54, 1.807) is 0 Å². The first-order valence-electron chi connectivity index (χ1n) is 8.08. The van der Waals surface area contributed by atoms with Crippen molar-refractivity contribution in [3.63, 3.8) is 0 Å². The molecule has 0 saturated carbocycles. The van der Waals surface area contributed by atoms with Gasteiger partial charge in [-0.1, -0.05) is 50.8 Å². The Bertz CT molecular complexity index is 531. The van der Waals surface area contributed by atoms with Crippen molar-refractivity contribution in [3.05, 3.63) is 42.2 Å². The SMILES string of the molecule is CCCCCCC(C)Nc1nc(C)cn1-c1ccccc1. The minimum absolute atomic E-state index is 0.450. The van der Waals surface area contributed by atoms with E-state index in [-0.39, 0.29) is 0 Å². The quantitative estimate of drug-likeness (QED) is 0.695. The van der Waals surface area contributed by atoms with Crippen molar-refractivity contribution in [2.45, 2.75) is 58.9 Å². The standard InChI is InChI=1S/C18H27N3/c1-4-5-6-8-11-15(2)19-18-20-16(3)14-21(18)17-12-9-7-10-13-17/h7,9-10,12-15H,4-6,8,11H2,1-3H3,(H,19,20). The van der Waals surface area contributed by atoms with Gasteiger partial charge in [-0.3, -0.25) is 4.57 Å². The van der Waals surface area contributed by atoms with Crippen LogP contribution in [0.2, 0.25) is 0 Å². The molecule has 0 saturated heterocycles. The molecule has 1 N–H and O–H groups in total. The number of rotatable bonds is 8. The number of aryl methyl sites for hydroxylation is 1. The van der Waals surface area contributed by atoms with Crippen molar-refractivity contribution in [2.24, 2.45) is 0 Å². The highest BCUT2D eigenvalue weighted by Gasteiger charge is 2.10. The molecule has 1 heterocycles. The fraction of sp³-hybridized carbons (Fsp3) is 0.500. The molecule has 0 aliphatic rings. The lowest BCUT2D eigenvalue weighted by atomic mass is 10.1. The summed E-state index contributed by atoms with van der Waals surface area (Å²) < 4.78 is 2.14. The van der Waals surface area contributed by atoms with Gasteiger partial charge in [0.25, 0.3) is 0 Å². The molecule has 1 atom stereocenters. The van der Waals surface area contributed by atoms with Crippen molar-refractivity contribution < 1.29 is 0 Å². The summed E-state index contributed by atoms with van der Waals surface area (Å²) in [7, 11) is 0. The van der Waals surface area contributed by atoms with Gasteiger partial charge in [0, 0.05) is 17.9 Å².